The van der Waals surface area contributed by atoms with Gasteiger partial charge >= 0.3 is 12.1 Å². The van der Waals surface area contributed by atoms with Crippen molar-refractivity contribution in [3.05, 3.63) is 17.2 Å². The second-order valence-electron chi connectivity index (χ2n) is 13.1. The monoisotopic (exact) mass is 560 g/mol. The van der Waals surface area contributed by atoms with E-state index in [0.717, 1.165) is 45.1 Å². The summed E-state index contributed by atoms with van der Waals surface area (Å²) in [4.78, 5) is 32.0. The fourth-order valence-electron chi connectivity index (χ4n) is 8.13. The molecule has 0 radical (unpaired) electrons. The van der Waals surface area contributed by atoms with E-state index in [1.807, 2.05) is 0 Å². The molecule has 3 saturated heterocycles. The van der Waals surface area contributed by atoms with E-state index < -0.39 is 17.4 Å². The number of likely N-dealkylation sites (tertiary alicyclic amines) is 1. The molecular weight excluding hydrogens is 523 g/mol. The fraction of sp³-hybridized carbons (Fsp3) is 0.714. The number of hydrogen-bond donors (Lipinski definition) is 1. The molecule has 11 heteroatoms. The number of ether oxygens (including phenoxy) is 1. The van der Waals surface area contributed by atoms with E-state index in [9.17, 15) is 9.90 Å². The van der Waals surface area contributed by atoms with E-state index in [2.05, 4.69) is 47.6 Å². The van der Waals surface area contributed by atoms with Crippen molar-refractivity contribution in [2.75, 3.05) is 38.2 Å². The van der Waals surface area contributed by atoms with E-state index in [1.54, 1.807) is 4.90 Å². The van der Waals surface area contributed by atoms with Crippen molar-refractivity contribution in [1.82, 2.24) is 24.8 Å². The smallest absolute Gasteiger partial charge is 0.408 e. The molecule has 3 aliphatic heterocycles. The van der Waals surface area contributed by atoms with Gasteiger partial charge in [0.05, 0.1) is 23.6 Å². The number of carboxylic acid groups (broad SMARTS) is 1. The number of piperidine rings is 1. The van der Waals surface area contributed by atoms with Crippen molar-refractivity contribution < 1.29 is 19.0 Å². The van der Waals surface area contributed by atoms with E-state index in [0.29, 0.717) is 36.9 Å². The number of rotatable bonds is 4. The molecular formula is C28H38ClFN6O3. The van der Waals surface area contributed by atoms with Crippen LogP contribution in [0.4, 0.5) is 15.0 Å². The lowest BCUT2D eigenvalue weighted by Crippen LogP contribution is -2.68. The molecule has 4 fully saturated rings. The van der Waals surface area contributed by atoms with Crippen LogP contribution in [0.1, 0.15) is 65.7 Å². The Morgan fingerprint density at radius 1 is 1.23 bits per heavy atom. The minimum atomic E-state index is -0.897. The van der Waals surface area contributed by atoms with Crippen LogP contribution in [0.2, 0.25) is 5.15 Å². The number of hydrogen-bond acceptors (Lipinski definition) is 7. The van der Waals surface area contributed by atoms with Crippen LogP contribution in [0.15, 0.2) is 6.20 Å². The summed E-state index contributed by atoms with van der Waals surface area (Å²) in [6.07, 6.45) is 7.78. The summed E-state index contributed by atoms with van der Waals surface area (Å²) < 4.78 is 21.7. The Kier molecular flexibility index (Phi) is 6.37. The molecule has 2 bridgehead atoms. The third-order valence-electron chi connectivity index (χ3n) is 10.2. The molecule has 1 aliphatic carbocycles. The van der Waals surface area contributed by atoms with Gasteiger partial charge in [0.25, 0.3) is 0 Å². The minimum absolute atomic E-state index is 0.0441. The second kappa shape index (κ2) is 9.29. The molecule has 1 N–H and O–H groups in total. The highest BCUT2D eigenvalue weighted by atomic mass is 35.5. The SMILES string of the molecule is CN1CCC[C@@]2(COc3nc(N4CC5CCC(C(C)(C)C)(C4)N5C(=O)O)c4cnc(Cl)c(F)c4n3)CCC[C@@H]12. The predicted octanol–water partition coefficient (Wildman–Crippen LogP) is 5.21. The van der Waals surface area contributed by atoms with Crippen LogP contribution in [-0.4, -0.2) is 86.9 Å². The van der Waals surface area contributed by atoms with Gasteiger partial charge in [0.15, 0.2) is 11.0 Å². The topological polar surface area (TPSA) is 94.9 Å². The van der Waals surface area contributed by atoms with E-state index in [-0.39, 0.29) is 33.6 Å². The van der Waals surface area contributed by atoms with Crippen molar-refractivity contribution >= 4 is 34.4 Å². The summed E-state index contributed by atoms with van der Waals surface area (Å²) in [6, 6.07) is 0.406. The second-order valence-corrected chi connectivity index (χ2v) is 13.5. The van der Waals surface area contributed by atoms with Gasteiger partial charge < -0.3 is 19.6 Å². The molecule has 2 aromatic heterocycles. The van der Waals surface area contributed by atoms with Gasteiger partial charge in [-0.25, -0.2) is 14.2 Å². The van der Waals surface area contributed by atoms with Gasteiger partial charge in [0.2, 0.25) is 0 Å². The van der Waals surface area contributed by atoms with Crippen molar-refractivity contribution in [3.63, 3.8) is 0 Å². The number of anilines is 1. The molecule has 6 rings (SSSR count). The molecule has 2 aromatic rings. The van der Waals surface area contributed by atoms with Crippen LogP contribution in [0.5, 0.6) is 6.01 Å². The first-order chi connectivity index (χ1) is 18.5. The lowest BCUT2D eigenvalue weighted by Gasteiger charge is -2.54. The molecule has 1 amide bonds. The Balaban J connectivity index is 1.39. The van der Waals surface area contributed by atoms with Crippen molar-refractivity contribution in [3.8, 4) is 6.01 Å². The predicted molar refractivity (Wildman–Crippen MR) is 147 cm³/mol. The number of nitrogens with zero attached hydrogens (tertiary/aromatic N) is 6. The Bertz CT molecular complexity index is 1310. The van der Waals surface area contributed by atoms with Gasteiger partial charge in [-0.3, -0.25) is 4.90 Å². The van der Waals surface area contributed by atoms with E-state index in [4.69, 9.17) is 21.3 Å². The van der Waals surface area contributed by atoms with Gasteiger partial charge in [-0.1, -0.05) is 38.8 Å². The van der Waals surface area contributed by atoms with Gasteiger partial charge in [-0.05, 0) is 57.5 Å². The minimum Gasteiger partial charge on any atom is -0.465 e. The number of fused-ring (bicyclic) bond motifs is 4. The summed E-state index contributed by atoms with van der Waals surface area (Å²) >= 11 is 6.08. The van der Waals surface area contributed by atoms with E-state index >= 15 is 4.39 Å². The zero-order chi connectivity index (χ0) is 27.7. The van der Waals surface area contributed by atoms with Crippen LogP contribution in [0.3, 0.4) is 0 Å². The van der Waals surface area contributed by atoms with Gasteiger partial charge in [0.1, 0.15) is 11.3 Å². The Morgan fingerprint density at radius 3 is 2.74 bits per heavy atom. The third kappa shape index (κ3) is 4.12. The van der Waals surface area contributed by atoms with Crippen LogP contribution in [0.25, 0.3) is 10.9 Å². The number of halogens is 2. The first-order valence-corrected chi connectivity index (χ1v) is 14.5. The molecule has 5 heterocycles. The maximum atomic E-state index is 15.3. The molecule has 2 unspecified atom stereocenters. The molecule has 1 saturated carbocycles. The number of piperazine rings is 1. The number of aromatic nitrogens is 3. The molecule has 4 aliphatic rings. The summed E-state index contributed by atoms with van der Waals surface area (Å²) in [7, 11) is 2.19. The zero-order valence-electron chi connectivity index (χ0n) is 23.2. The van der Waals surface area contributed by atoms with Gasteiger partial charge in [-0.15, -0.1) is 0 Å². The van der Waals surface area contributed by atoms with Crippen LogP contribution in [0, 0.1) is 16.6 Å². The molecule has 9 nitrogen and oxygen atoms in total. The summed E-state index contributed by atoms with van der Waals surface area (Å²) in [6.45, 7) is 8.72. The van der Waals surface area contributed by atoms with Crippen LogP contribution >= 0.6 is 11.6 Å². The summed E-state index contributed by atoms with van der Waals surface area (Å²) in [5.41, 5.74) is -0.810. The highest BCUT2D eigenvalue weighted by molar-refractivity contribution is 6.30. The molecule has 39 heavy (non-hydrogen) atoms. The first kappa shape index (κ1) is 26.7. The number of pyridine rings is 1. The standard InChI is InChI=1S/C28H38ClFN6O3/c1-26(2,3)28-11-8-17(36(28)25(37)38)14-35(15-28)23-18-13-31-22(29)20(30)21(18)32-24(33-23)39-16-27-9-5-7-19(27)34(4)12-6-10-27/h13,17,19H,5-12,14-16H2,1-4H3,(H,37,38)/t17?,19-,27-,28?/m1/s1. The lowest BCUT2D eigenvalue weighted by molar-refractivity contribution is 0.00508. The first-order valence-electron chi connectivity index (χ1n) is 14.1. The van der Waals surface area contributed by atoms with Crippen molar-refractivity contribution in [1.29, 1.82) is 0 Å². The largest absolute Gasteiger partial charge is 0.465 e. The normalized spacial score (nSPS) is 31.1. The van der Waals surface area contributed by atoms with Gasteiger partial charge in [0, 0.05) is 30.7 Å². The fourth-order valence-corrected chi connectivity index (χ4v) is 8.27. The lowest BCUT2D eigenvalue weighted by atomic mass is 9.71. The number of amides is 1. The maximum Gasteiger partial charge on any atom is 0.408 e. The quantitative estimate of drug-likeness (QED) is 0.509. The Hall–Kier alpha value is -2.46. The maximum absolute atomic E-state index is 15.3. The molecule has 0 spiro atoms. The Labute approximate surface area is 233 Å². The number of carbonyl (C=O) groups is 1. The van der Waals surface area contributed by atoms with E-state index in [1.165, 1.54) is 12.6 Å². The van der Waals surface area contributed by atoms with Crippen LogP contribution < -0.4 is 9.64 Å². The van der Waals surface area contributed by atoms with Crippen molar-refractivity contribution in [2.45, 2.75) is 83.3 Å². The zero-order valence-corrected chi connectivity index (χ0v) is 24.0. The van der Waals surface area contributed by atoms with Gasteiger partial charge in [-0.2, -0.15) is 9.97 Å². The summed E-state index contributed by atoms with van der Waals surface area (Å²) in [5.74, 6) is -0.181. The Morgan fingerprint density at radius 2 is 2.00 bits per heavy atom. The highest BCUT2D eigenvalue weighted by Crippen LogP contribution is 2.51. The van der Waals surface area contributed by atoms with Crippen LogP contribution in [-0.2, 0) is 0 Å². The average Bonchev–Trinajstić information content (AvgIpc) is 3.43. The summed E-state index contributed by atoms with van der Waals surface area (Å²) in [5, 5.41) is 10.4. The molecule has 0 aromatic carbocycles. The molecule has 4 atom stereocenters. The molecule has 212 valence electrons. The average molecular weight is 561 g/mol. The highest BCUT2D eigenvalue weighted by Gasteiger charge is 2.59. The third-order valence-corrected chi connectivity index (χ3v) is 10.4. The van der Waals surface area contributed by atoms with Crippen molar-refractivity contribution in [2.24, 2.45) is 10.8 Å².